The summed E-state index contributed by atoms with van der Waals surface area (Å²) >= 11 is 0. The third-order valence-corrected chi connectivity index (χ3v) is 15.1. The molecule has 0 spiro atoms. The Kier molecular flexibility index (Phi) is 8.99. The average molecular weight is 915 g/mol. The van der Waals surface area contributed by atoms with Gasteiger partial charge in [-0.15, -0.1) is 0 Å². The molecule has 72 heavy (non-hydrogen) atoms. The summed E-state index contributed by atoms with van der Waals surface area (Å²) in [4.78, 5) is 0. The zero-order valence-electron chi connectivity index (χ0n) is 39.1. The normalized spacial score (nSPS) is 11.9. The van der Waals surface area contributed by atoms with Crippen LogP contribution in [0, 0.1) is 0 Å². The number of rotatable bonds is 6. The minimum absolute atomic E-state index is 0.885. The number of para-hydroxylation sites is 2. The quantitative estimate of drug-likeness (QED) is 0.155. The lowest BCUT2D eigenvalue weighted by Crippen LogP contribution is -1.94. The maximum atomic E-state index is 6.54. The Hall–Kier alpha value is -9.50. The van der Waals surface area contributed by atoms with Crippen molar-refractivity contribution in [3.05, 3.63) is 255 Å². The van der Waals surface area contributed by atoms with E-state index in [-0.39, 0.29) is 0 Å². The van der Waals surface area contributed by atoms with Crippen LogP contribution < -0.4 is 0 Å². The zero-order chi connectivity index (χ0) is 47.3. The number of benzene rings is 13. The van der Waals surface area contributed by atoms with Crippen molar-refractivity contribution in [2.24, 2.45) is 0 Å². The van der Waals surface area contributed by atoms with Gasteiger partial charge < -0.3 is 8.83 Å². The molecule has 0 saturated carbocycles. The van der Waals surface area contributed by atoms with E-state index in [0.29, 0.717) is 0 Å². The van der Waals surface area contributed by atoms with Crippen molar-refractivity contribution >= 4 is 87.0 Å². The van der Waals surface area contributed by atoms with Gasteiger partial charge in [-0.05, 0) is 158 Å². The van der Waals surface area contributed by atoms with E-state index in [0.717, 1.165) is 66.1 Å². The van der Waals surface area contributed by atoms with Gasteiger partial charge in [0.25, 0.3) is 0 Å². The average Bonchev–Trinajstić information content (AvgIpc) is 4.02. The van der Waals surface area contributed by atoms with Crippen LogP contribution in [0.4, 0.5) is 0 Å². The Morgan fingerprint density at radius 1 is 0.167 bits per heavy atom. The predicted molar refractivity (Wildman–Crippen MR) is 304 cm³/mol. The molecule has 15 rings (SSSR count). The lowest BCUT2D eigenvalue weighted by atomic mass is 9.82. The second-order valence-corrected chi connectivity index (χ2v) is 19.0. The van der Waals surface area contributed by atoms with Crippen molar-refractivity contribution in [2.75, 3.05) is 0 Å². The van der Waals surface area contributed by atoms with Crippen molar-refractivity contribution in [1.82, 2.24) is 0 Å². The van der Waals surface area contributed by atoms with Crippen LogP contribution in [0.25, 0.3) is 154 Å². The molecule has 0 radical (unpaired) electrons. The van der Waals surface area contributed by atoms with Crippen LogP contribution in [0.2, 0.25) is 0 Å². The monoisotopic (exact) mass is 914 g/mol. The van der Waals surface area contributed by atoms with Crippen LogP contribution in [-0.4, -0.2) is 0 Å². The molecule has 13 aromatic carbocycles. The second kappa shape index (κ2) is 16.0. The molecule has 0 N–H and O–H groups in total. The molecular weight excluding hydrogens is 873 g/mol. The lowest BCUT2D eigenvalue weighted by Gasteiger charge is -2.21. The van der Waals surface area contributed by atoms with Crippen molar-refractivity contribution < 1.29 is 8.83 Å². The third kappa shape index (κ3) is 6.22. The summed E-state index contributed by atoms with van der Waals surface area (Å²) < 4.78 is 13.0. The maximum absolute atomic E-state index is 6.54. The molecule has 0 aliphatic heterocycles. The highest BCUT2D eigenvalue weighted by Crippen LogP contribution is 2.50. The minimum Gasteiger partial charge on any atom is -0.456 e. The Labute approximate surface area is 415 Å². The van der Waals surface area contributed by atoms with E-state index in [4.69, 9.17) is 8.83 Å². The summed E-state index contributed by atoms with van der Waals surface area (Å²) in [5, 5.41) is 14.1. The molecule has 2 heteroatoms. The van der Waals surface area contributed by atoms with E-state index in [9.17, 15) is 0 Å². The number of fused-ring (bicyclic) bond motifs is 10. The predicted octanol–water partition coefficient (Wildman–Crippen LogP) is 20.1. The topological polar surface area (TPSA) is 26.3 Å². The van der Waals surface area contributed by atoms with Crippen LogP contribution >= 0.6 is 0 Å². The summed E-state index contributed by atoms with van der Waals surface area (Å²) in [6, 6.07) is 92.8. The standard InChI is InChI=1S/C70H42O2/c1-3-17-43(18-4-1)49-21-7-8-24-54(49)70-58-28-12-11-27-57(58)69(48-34-36-53-51-23-14-16-30-64(51)72-66(53)42-48)60-38-32-46(40-62(60)70)45-31-37-59-61(39-45)67(44-19-5-2-6-20-44)55-25-9-10-26-56(55)68(59)47-33-35-52-50-22-13-15-29-63(50)71-65(52)41-47/h1-42H. The molecule has 0 aliphatic rings. The molecule has 2 nitrogen and oxygen atoms in total. The van der Waals surface area contributed by atoms with Gasteiger partial charge in [0.05, 0.1) is 0 Å². The van der Waals surface area contributed by atoms with Gasteiger partial charge in [-0.3, -0.25) is 0 Å². The van der Waals surface area contributed by atoms with Gasteiger partial charge in [-0.1, -0.05) is 206 Å². The van der Waals surface area contributed by atoms with Gasteiger partial charge in [-0.25, -0.2) is 0 Å². The van der Waals surface area contributed by atoms with Crippen LogP contribution in [0.15, 0.2) is 264 Å². The molecule has 0 unspecified atom stereocenters. The first-order valence-corrected chi connectivity index (χ1v) is 24.7. The molecule has 334 valence electrons. The Balaban J connectivity index is 1.01. The minimum atomic E-state index is 0.885. The molecule has 2 heterocycles. The van der Waals surface area contributed by atoms with E-state index in [1.165, 1.54) is 87.6 Å². The first-order chi connectivity index (χ1) is 35.7. The van der Waals surface area contributed by atoms with Crippen LogP contribution in [0.1, 0.15) is 0 Å². The van der Waals surface area contributed by atoms with Gasteiger partial charge in [-0.2, -0.15) is 0 Å². The number of hydrogen-bond donors (Lipinski definition) is 0. The third-order valence-electron chi connectivity index (χ3n) is 15.1. The molecular formula is C70H42O2. The SMILES string of the molecule is c1ccc(-c2ccccc2-c2c3ccccc3c(-c3ccc4c(c3)oc3ccccc34)c3ccc(-c4ccc5c(-c6ccc7c(c6)oc6ccccc67)c6ccccc6c(-c6ccccc6)c5c4)cc23)cc1. The van der Waals surface area contributed by atoms with E-state index in [1.807, 2.05) is 12.1 Å². The summed E-state index contributed by atoms with van der Waals surface area (Å²) in [7, 11) is 0. The molecule has 0 saturated heterocycles. The first-order valence-electron chi connectivity index (χ1n) is 24.7. The van der Waals surface area contributed by atoms with Crippen LogP contribution in [-0.2, 0) is 0 Å². The maximum Gasteiger partial charge on any atom is 0.136 e. The fraction of sp³-hybridized carbons (Fsp3) is 0. The molecule has 0 atom stereocenters. The highest BCUT2D eigenvalue weighted by atomic mass is 16.3. The van der Waals surface area contributed by atoms with Crippen molar-refractivity contribution in [3.63, 3.8) is 0 Å². The van der Waals surface area contributed by atoms with Gasteiger partial charge in [0.1, 0.15) is 22.3 Å². The highest BCUT2D eigenvalue weighted by molar-refractivity contribution is 6.25. The Morgan fingerprint density at radius 3 is 1.01 bits per heavy atom. The van der Waals surface area contributed by atoms with E-state index >= 15 is 0 Å². The summed E-state index contributed by atoms with van der Waals surface area (Å²) in [5.41, 5.74) is 17.7. The van der Waals surface area contributed by atoms with E-state index in [2.05, 4.69) is 243 Å². The Bertz CT molecular complexity index is 4670. The molecule has 2 aromatic heterocycles. The smallest absolute Gasteiger partial charge is 0.136 e. The summed E-state index contributed by atoms with van der Waals surface area (Å²) in [5.74, 6) is 0. The van der Waals surface area contributed by atoms with Gasteiger partial charge in [0.2, 0.25) is 0 Å². The zero-order valence-corrected chi connectivity index (χ0v) is 39.1. The lowest BCUT2D eigenvalue weighted by molar-refractivity contribution is 0.668. The first kappa shape index (κ1) is 40.4. The highest BCUT2D eigenvalue weighted by Gasteiger charge is 2.23. The van der Waals surface area contributed by atoms with Crippen LogP contribution in [0.3, 0.4) is 0 Å². The fourth-order valence-electron chi connectivity index (χ4n) is 11.9. The molecule has 0 aliphatic carbocycles. The van der Waals surface area contributed by atoms with Gasteiger partial charge in [0.15, 0.2) is 0 Å². The molecule has 0 amide bonds. The van der Waals surface area contributed by atoms with E-state index in [1.54, 1.807) is 0 Å². The van der Waals surface area contributed by atoms with Gasteiger partial charge in [0, 0.05) is 21.5 Å². The summed E-state index contributed by atoms with van der Waals surface area (Å²) in [6.45, 7) is 0. The summed E-state index contributed by atoms with van der Waals surface area (Å²) in [6.07, 6.45) is 0. The number of hydrogen-bond acceptors (Lipinski definition) is 2. The number of furan rings is 2. The van der Waals surface area contributed by atoms with Crippen molar-refractivity contribution in [1.29, 1.82) is 0 Å². The molecule has 0 fully saturated rings. The molecule has 15 aromatic rings. The van der Waals surface area contributed by atoms with Crippen LogP contribution in [0.5, 0.6) is 0 Å². The fourth-order valence-corrected chi connectivity index (χ4v) is 11.9. The molecule has 0 bridgehead atoms. The largest absolute Gasteiger partial charge is 0.456 e. The second-order valence-electron chi connectivity index (χ2n) is 19.0. The van der Waals surface area contributed by atoms with E-state index < -0.39 is 0 Å². The Morgan fingerprint density at radius 2 is 0.500 bits per heavy atom. The van der Waals surface area contributed by atoms with Crippen molar-refractivity contribution in [3.8, 4) is 66.8 Å². The van der Waals surface area contributed by atoms with Crippen molar-refractivity contribution in [2.45, 2.75) is 0 Å². The van der Waals surface area contributed by atoms with Gasteiger partial charge >= 0.3 is 0 Å².